The van der Waals surface area contributed by atoms with E-state index < -0.39 is 29.1 Å². The first-order chi connectivity index (χ1) is 23.8. The predicted octanol–water partition coefficient (Wildman–Crippen LogP) is 10.3. The van der Waals surface area contributed by atoms with Gasteiger partial charge in [-0.1, -0.05) is 57.9 Å². The molecule has 0 amide bonds. The number of aryl methyl sites for hydroxylation is 1. The summed E-state index contributed by atoms with van der Waals surface area (Å²) in [5.74, 6) is 1.80. The Labute approximate surface area is 288 Å². The van der Waals surface area contributed by atoms with Gasteiger partial charge in [-0.15, -0.1) is 0 Å². The molecule has 12 heteroatoms. The van der Waals surface area contributed by atoms with E-state index in [0.717, 1.165) is 36.8 Å². The number of hydrogen-bond acceptors (Lipinski definition) is 10. The van der Waals surface area contributed by atoms with Crippen LogP contribution in [0.2, 0.25) is 0 Å². The quantitative estimate of drug-likeness (QED) is 0.125. The Balaban J connectivity index is 1.52. The molecule has 0 aromatic heterocycles. The lowest BCUT2D eigenvalue weighted by Gasteiger charge is -2.28. The Kier molecular flexibility index (Phi) is 10.8. The van der Waals surface area contributed by atoms with Crippen molar-refractivity contribution in [1.82, 2.24) is 0 Å². The minimum Gasteiger partial charge on any atom is -0.497 e. The molecule has 0 spiro atoms. The zero-order valence-electron chi connectivity index (χ0n) is 28.0. The number of ether oxygens (including phenoxy) is 2. The summed E-state index contributed by atoms with van der Waals surface area (Å²) in [4.78, 5) is 26.0. The fourth-order valence-electron chi connectivity index (χ4n) is 5.72. The van der Waals surface area contributed by atoms with Crippen LogP contribution in [0.25, 0.3) is 11.1 Å². The highest BCUT2D eigenvalue weighted by atomic mass is 31.2. The SMILES string of the molecule is CCCCc1cc(OC)cc(-c2cc(OC)cc(C(C)CCC)c2OP2OC(=O)c3ccccc3O2)c1OP1OC(=O)c2ccccc2O1. The van der Waals surface area contributed by atoms with E-state index >= 15 is 0 Å². The molecular weight excluding hydrogens is 666 g/mol. The van der Waals surface area contributed by atoms with Gasteiger partial charge in [-0.05, 0) is 79.3 Å². The van der Waals surface area contributed by atoms with E-state index in [4.69, 9.17) is 36.6 Å². The topological polar surface area (TPSA) is 108 Å². The molecule has 4 aromatic carbocycles. The van der Waals surface area contributed by atoms with E-state index in [0.29, 0.717) is 63.2 Å². The molecule has 0 N–H and O–H groups in total. The molecule has 256 valence electrons. The Morgan fingerprint density at radius 3 is 1.73 bits per heavy atom. The van der Waals surface area contributed by atoms with Gasteiger partial charge in [0.2, 0.25) is 0 Å². The maximum atomic E-state index is 13.0. The van der Waals surface area contributed by atoms with Crippen molar-refractivity contribution < 1.29 is 46.2 Å². The first-order valence-electron chi connectivity index (χ1n) is 16.2. The first-order valence-corrected chi connectivity index (χ1v) is 18.4. The summed E-state index contributed by atoms with van der Waals surface area (Å²) < 4.78 is 48.3. The summed E-state index contributed by atoms with van der Waals surface area (Å²) in [6.45, 7) is 6.33. The van der Waals surface area contributed by atoms with Gasteiger partial charge in [0, 0.05) is 16.7 Å². The van der Waals surface area contributed by atoms with Crippen LogP contribution < -0.4 is 27.6 Å². The van der Waals surface area contributed by atoms with E-state index in [2.05, 4.69) is 20.8 Å². The van der Waals surface area contributed by atoms with Gasteiger partial charge in [-0.25, -0.2) is 9.59 Å². The van der Waals surface area contributed by atoms with Gasteiger partial charge in [0.15, 0.2) is 0 Å². The Bertz CT molecular complexity index is 1840. The molecule has 4 aromatic rings. The number of unbranched alkanes of at least 4 members (excludes halogenated alkanes) is 1. The highest BCUT2D eigenvalue weighted by Crippen LogP contribution is 2.56. The van der Waals surface area contributed by atoms with Gasteiger partial charge in [-0.3, -0.25) is 0 Å². The van der Waals surface area contributed by atoms with Crippen LogP contribution in [0.4, 0.5) is 0 Å². The van der Waals surface area contributed by atoms with E-state index in [1.807, 2.05) is 24.3 Å². The number of benzene rings is 4. The van der Waals surface area contributed by atoms with Gasteiger partial charge in [0.25, 0.3) is 0 Å². The number of carbonyl (C=O) groups is 2. The van der Waals surface area contributed by atoms with Crippen molar-refractivity contribution in [3.8, 4) is 45.6 Å². The number of hydrogen-bond donors (Lipinski definition) is 0. The molecule has 0 radical (unpaired) electrons. The van der Waals surface area contributed by atoms with E-state index in [1.54, 1.807) is 62.8 Å². The van der Waals surface area contributed by atoms with Gasteiger partial charge < -0.3 is 36.6 Å². The third-order valence-electron chi connectivity index (χ3n) is 8.25. The average molecular weight is 705 g/mol. The number of carbonyl (C=O) groups excluding carboxylic acids is 2. The maximum absolute atomic E-state index is 13.0. The molecule has 2 aliphatic heterocycles. The van der Waals surface area contributed by atoms with Crippen LogP contribution in [0.1, 0.15) is 84.2 Å². The summed E-state index contributed by atoms with van der Waals surface area (Å²) in [7, 11) is -1.16. The van der Waals surface area contributed by atoms with Crippen LogP contribution in [-0.4, -0.2) is 26.2 Å². The molecule has 0 aliphatic carbocycles. The molecule has 0 bridgehead atoms. The minimum atomic E-state index is -2.19. The van der Waals surface area contributed by atoms with Crippen molar-refractivity contribution >= 4 is 29.1 Å². The molecule has 3 atom stereocenters. The van der Waals surface area contributed by atoms with Crippen molar-refractivity contribution in [2.45, 2.75) is 58.8 Å². The monoisotopic (exact) mass is 704 g/mol. The number of para-hydroxylation sites is 2. The Hall–Kier alpha value is -4.52. The Morgan fingerprint density at radius 2 is 1.18 bits per heavy atom. The molecule has 0 saturated heterocycles. The van der Waals surface area contributed by atoms with Crippen LogP contribution in [0.15, 0.2) is 72.8 Å². The van der Waals surface area contributed by atoms with Crippen molar-refractivity contribution in [3.63, 3.8) is 0 Å². The minimum absolute atomic E-state index is 0.0228. The lowest BCUT2D eigenvalue weighted by atomic mass is 9.90. The molecule has 10 nitrogen and oxygen atoms in total. The smallest absolute Gasteiger partial charge is 0.497 e. The number of fused-ring (bicyclic) bond motifs is 2. The summed E-state index contributed by atoms with van der Waals surface area (Å²) in [5.41, 5.74) is 3.49. The first kappa shape index (κ1) is 34.3. The van der Waals surface area contributed by atoms with Crippen LogP contribution in [0.5, 0.6) is 34.5 Å². The second-order valence-corrected chi connectivity index (χ2v) is 13.6. The highest BCUT2D eigenvalue weighted by molar-refractivity contribution is 7.43. The largest absolute Gasteiger partial charge is 0.532 e. The van der Waals surface area contributed by atoms with Crippen LogP contribution in [0, 0.1) is 0 Å². The van der Waals surface area contributed by atoms with E-state index in [1.165, 1.54) is 0 Å². The number of rotatable bonds is 13. The summed E-state index contributed by atoms with van der Waals surface area (Å²) in [6.07, 6.45) is 4.21. The summed E-state index contributed by atoms with van der Waals surface area (Å²) in [6, 6.07) is 21.3. The molecule has 49 heavy (non-hydrogen) atoms. The van der Waals surface area contributed by atoms with Crippen molar-refractivity contribution in [3.05, 3.63) is 95.1 Å². The lowest BCUT2D eigenvalue weighted by molar-refractivity contribution is 0.0685. The number of methoxy groups -OCH3 is 2. The zero-order chi connectivity index (χ0) is 34.5. The zero-order valence-corrected chi connectivity index (χ0v) is 29.8. The molecular formula is C37H38O10P2. The molecule has 0 fully saturated rings. The predicted molar refractivity (Wildman–Crippen MR) is 187 cm³/mol. The second kappa shape index (κ2) is 15.4. The average Bonchev–Trinajstić information content (AvgIpc) is 3.11. The molecule has 2 aliphatic rings. The fourth-order valence-corrected chi connectivity index (χ4v) is 7.77. The van der Waals surface area contributed by atoms with Crippen LogP contribution >= 0.6 is 17.2 Å². The standard InChI is InChI=1S/C37H38O10P2/c1-6-8-14-24-19-25(40-4)21-30(34(24)44-48-42-32-17-11-9-15-27(32)36(38)46-48)31-22-26(41-5)20-29(23(3)13-7-2)35(31)45-49-43-33-18-12-10-16-28(33)37(39)47-49/h9-12,15-23H,6-8,13-14H2,1-5H3. The molecule has 2 heterocycles. The second-order valence-electron chi connectivity index (χ2n) is 11.6. The normalized spacial score (nSPS) is 16.9. The third-order valence-corrected chi connectivity index (χ3v) is 10.2. The van der Waals surface area contributed by atoms with Crippen molar-refractivity contribution in [2.75, 3.05) is 14.2 Å². The van der Waals surface area contributed by atoms with Gasteiger partial charge in [0.05, 0.1) is 14.2 Å². The summed E-state index contributed by atoms with van der Waals surface area (Å²) >= 11 is 0. The van der Waals surface area contributed by atoms with E-state index in [9.17, 15) is 9.59 Å². The highest BCUT2D eigenvalue weighted by Gasteiger charge is 2.37. The van der Waals surface area contributed by atoms with Gasteiger partial charge >= 0.3 is 29.1 Å². The maximum Gasteiger partial charge on any atom is 0.532 e. The van der Waals surface area contributed by atoms with Crippen LogP contribution in [-0.2, 0) is 15.5 Å². The lowest BCUT2D eigenvalue weighted by Crippen LogP contribution is -2.16. The van der Waals surface area contributed by atoms with Crippen LogP contribution in [0.3, 0.4) is 0 Å². The fraction of sp³-hybridized carbons (Fsp3) is 0.297. The molecule has 0 saturated carbocycles. The molecule has 3 unspecified atom stereocenters. The molecule has 6 rings (SSSR count). The summed E-state index contributed by atoms with van der Waals surface area (Å²) in [5, 5.41) is 0. The van der Waals surface area contributed by atoms with Gasteiger partial charge in [0.1, 0.15) is 45.6 Å². The van der Waals surface area contributed by atoms with Crippen molar-refractivity contribution in [2.24, 2.45) is 0 Å². The van der Waals surface area contributed by atoms with E-state index in [-0.39, 0.29) is 5.92 Å². The third kappa shape index (κ3) is 7.41. The van der Waals surface area contributed by atoms with Crippen molar-refractivity contribution in [1.29, 1.82) is 0 Å². The van der Waals surface area contributed by atoms with Gasteiger partial charge in [-0.2, -0.15) is 0 Å². The Morgan fingerprint density at radius 1 is 0.653 bits per heavy atom.